The molecular weight excluding hydrogens is 340 g/mol. The van der Waals surface area contributed by atoms with E-state index in [0.717, 1.165) is 29.7 Å². The van der Waals surface area contributed by atoms with Crippen LogP contribution in [0.4, 0.5) is 5.13 Å². The van der Waals surface area contributed by atoms with E-state index in [0.29, 0.717) is 16.7 Å². The summed E-state index contributed by atoms with van der Waals surface area (Å²) in [6.07, 6.45) is 6.38. The lowest BCUT2D eigenvalue weighted by atomic mass is 10.1. The molecule has 8 heteroatoms. The van der Waals surface area contributed by atoms with E-state index in [1.165, 1.54) is 12.3 Å². The van der Waals surface area contributed by atoms with Gasteiger partial charge in [0.05, 0.1) is 6.20 Å². The highest BCUT2D eigenvalue weighted by Gasteiger charge is 2.23. The molecule has 0 unspecified atom stereocenters. The third-order valence-electron chi connectivity index (χ3n) is 3.49. The monoisotopic (exact) mass is 356 g/mol. The third-order valence-corrected chi connectivity index (χ3v) is 4.42. The van der Waals surface area contributed by atoms with Crippen LogP contribution in [0.5, 0.6) is 0 Å². The Labute approximate surface area is 147 Å². The minimum absolute atomic E-state index is 0.0789. The van der Waals surface area contributed by atoms with Gasteiger partial charge in [-0.3, -0.25) is 19.7 Å². The Hall–Kier alpha value is -3.00. The molecule has 3 amide bonds. The molecule has 0 bridgehead atoms. The average molecular weight is 356 g/mol. The number of nitrogens with two attached hydrogens (primary N) is 1. The molecule has 7 nitrogen and oxygen atoms in total. The first kappa shape index (κ1) is 16.8. The molecule has 128 valence electrons. The van der Waals surface area contributed by atoms with Gasteiger partial charge in [0.25, 0.3) is 11.8 Å². The number of rotatable bonds is 6. The van der Waals surface area contributed by atoms with Crippen LogP contribution in [-0.2, 0) is 4.79 Å². The quantitative estimate of drug-likeness (QED) is 0.685. The molecule has 2 aromatic rings. The summed E-state index contributed by atoms with van der Waals surface area (Å²) < 4.78 is 0. The molecule has 1 saturated carbocycles. The van der Waals surface area contributed by atoms with Gasteiger partial charge in [-0.2, -0.15) is 0 Å². The van der Waals surface area contributed by atoms with Crippen LogP contribution in [0.15, 0.2) is 36.5 Å². The van der Waals surface area contributed by atoms with Gasteiger partial charge in [-0.15, -0.1) is 0 Å². The van der Waals surface area contributed by atoms with E-state index in [4.69, 9.17) is 5.73 Å². The van der Waals surface area contributed by atoms with Crippen molar-refractivity contribution in [3.05, 3.63) is 52.5 Å². The largest absolute Gasteiger partial charge is 0.365 e. The van der Waals surface area contributed by atoms with E-state index >= 15 is 0 Å². The van der Waals surface area contributed by atoms with Gasteiger partial charge < -0.3 is 11.1 Å². The predicted octanol–water partition coefficient (Wildman–Crippen LogP) is 1.79. The van der Waals surface area contributed by atoms with Crippen LogP contribution in [-0.4, -0.2) is 28.7 Å². The number of nitrogens with one attached hydrogen (secondary N) is 2. The SMILES string of the molecule is NC(=O)c1cnc(NC(=O)/C=C/c2ccc(C(=O)NC3CC3)cc2)s1. The van der Waals surface area contributed by atoms with Gasteiger partial charge in [0.2, 0.25) is 5.91 Å². The van der Waals surface area contributed by atoms with Crippen molar-refractivity contribution in [1.29, 1.82) is 0 Å². The zero-order valence-corrected chi connectivity index (χ0v) is 14.0. The molecule has 4 N–H and O–H groups in total. The van der Waals surface area contributed by atoms with E-state index in [9.17, 15) is 14.4 Å². The zero-order chi connectivity index (χ0) is 17.8. The van der Waals surface area contributed by atoms with Crippen LogP contribution in [0, 0.1) is 0 Å². The molecule has 0 saturated heterocycles. The first-order valence-electron chi connectivity index (χ1n) is 7.67. The summed E-state index contributed by atoms with van der Waals surface area (Å²) in [7, 11) is 0. The number of aromatic nitrogens is 1. The molecule has 0 atom stereocenters. The van der Waals surface area contributed by atoms with E-state index in [2.05, 4.69) is 15.6 Å². The van der Waals surface area contributed by atoms with Crippen LogP contribution in [0.25, 0.3) is 6.08 Å². The standard InChI is InChI=1S/C17H16N4O3S/c18-15(23)13-9-19-17(25-13)21-14(22)8-3-10-1-4-11(5-2-10)16(24)20-12-6-7-12/h1-5,8-9,12H,6-7H2,(H2,18,23)(H,20,24)(H,19,21,22)/b8-3+. The van der Waals surface area contributed by atoms with Gasteiger partial charge in [-0.25, -0.2) is 4.98 Å². The smallest absolute Gasteiger partial charge is 0.260 e. The van der Waals surface area contributed by atoms with Crippen LogP contribution in [0.2, 0.25) is 0 Å². The van der Waals surface area contributed by atoms with Gasteiger partial charge in [-0.05, 0) is 36.6 Å². The Bertz CT molecular complexity index is 838. The van der Waals surface area contributed by atoms with Crippen molar-refractivity contribution in [2.24, 2.45) is 5.73 Å². The lowest BCUT2D eigenvalue weighted by Crippen LogP contribution is -2.25. The van der Waals surface area contributed by atoms with Crippen molar-refractivity contribution in [1.82, 2.24) is 10.3 Å². The maximum atomic E-state index is 11.9. The fourth-order valence-electron chi connectivity index (χ4n) is 2.01. The highest BCUT2D eigenvalue weighted by atomic mass is 32.1. The minimum atomic E-state index is -0.584. The summed E-state index contributed by atoms with van der Waals surface area (Å²) in [5, 5.41) is 5.77. The molecule has 0 radical (unpaired) electrons. The van der Waals surface area contributed by atoms with Gasteiger partial charge in [-0.1, -0.05) is 23.5 Å². The number of carbonyl (C=O) groups excluding carboxylic acids is 3. The number of hydrogen-bond acceptors (Lipinski definition) is 5. The van der Waals surface area contributed by atoms with Crippen LogP contribution < -0.4 is 16.4 Å². The van der Waals surface area contributed by atoms with E-state index in [1.54, 1.807) is 30.3 Å². The summed E-state index contributed by atoms with van der Waals surface area (Å²) in [4.78, 5) is 38.9. The zero-order valence-electron chi connectivity index (χ0n) is 13.2. The molecule has 1 fully saturated rings. The molecule has 1 aromatic heterocycles. The highest BCUT2D eigenvalue weighted by molar-refractivity contribution is 7.17. The second kappa shape index (κ2) is 7.27. The molecule has 25 heavy (non-hydrogen) atoms. The topological polar surface area (TPSA) is 114 Å². The van der Waals surface area contributed by atoms with Crippen LogP contribution in [0.3, 0.4) is 0 Å². The van der Waals surface area contributed by atoms with E-state index < -0.39 is 5.91 Å². The van der Waals surface area contributed by atoms with Crippen molar-refractivity contribution < 1.29 is 14.4 Å². The summed E-state index contributed by atoms with van der Waals surface area (Å²) >= 11 is 1.01. The first-order valence-corrected chi connectivity index (χ1v) is 8.48. The van der Waals surface area contributed by atoms with Crippen molar-refractivity contribution in [3.63, 3.8) is 0 Å². The number of nitrogens with zero attached hydrogens (tertiary/aromatic N) is 1. The van der Waals surface area contributed by atoms with Crippen LogP contribution >= 0.6 is 11.3 Å². The van der Waals surface area contributed by atoms with E-state index in [1.807, 2.05) is 0 Å². The van der Waals surface area contributed by atoms with Gasteiger partial charge in [0.1, 0.15) is 4.88 Å². The number of amides is 3. The molecular formula is C17H16N4O3S. The molecule has 1 aromatic carbocycles. The third kappa shape index (κ3) is 4.74. The van der Waals surface area contributed by atoms with E-state index in [-0.39, 0.29) is 16.7 Å². The van der Waals surface area contributed by atoms with Crippen molar-refractivity contribution in [3.8, 4) is 0 Å². The lowest BCUT2D eigenvalue weighted by Gasteiger charge is -2.03. The molecule has 3 rings (SSSR count). The number of hydrogen-bond donors (Lipinski definition) is 3. The number of primary amides is 1. The summed E-state index contributed by atoms with van der Waals surface area (Å²) in [5.74, 6) is -1.04. The minimum Gasteiger partial charge on any atom is -0.365 e. The van der Waals surface area contributed by atoms with Gasteiger partial charge >= 0.3 is 0 Å². The fraction of sp³-hybridized carbons (Fsp3) is 0.176. The van der Waals surface area contributed by atoms with Crippen molar-refractivity contribution in [2.45, 2.75) is 18.9 Å². The Balaban J connectivity index is 1.55. The fourth-order valence-corrected chi connectivity index (χ4v) is 2.68. The Morgan fingerprint density at radius 1 is 1.20 bits per heavy atom. The second-order valence-corrected chi connectivity index (χ2v) is 6.62. The molecule has 1 heterocycles. The van der Waals surface area contributed by atoms with Crippen LogP contribution in [0.1, 0.15) is 38.4 Å². The highest BCUT2D eigenvalue weighted by Crippen LogP contribution is 2.19. The second-order valence-electron chi connectivity index (χ2n) is 5.59. The molecule has 0 aliphatic heterocycles. The maximum Gasteiger partial charge on any atom is 0.260 e. The normalized spacial score (nSPS) is 13.6. The maximum absolute atomic E-state index is 11.9. The summed E-state index contributed by atoms with van der Waals surface area (Å²) in [6, 6.07) is 7.28. The summed E-state index contributed by atoms with van der Waals surface area (Å²) in [5.41, 5.74) is 6.51. The van der Waals surface area contributed by atoms with Crippen molar-refractivity contribution >= 4 is 40.3 Å². The average Bonchev–Trinajstić information content (AvgIpc) is 3.28. The molecule has 0 spiro atoms. The lowest BCUT2D eigenvalue weighted by molar-refractivity contribution is -0.111. The number of carbonyl (C=O) groups is 3. The Kier molecular flexibility index (Phi) is 4.90. The van der Waals surface area contributed by atoms with Gasteiger partial charge in [0.15, 0.2) is 5.13 Å². The first-order chi connectivity index (χ1) is 12.0. The molecule has 1 aliphatic rings. The van der Waals surface area contributed by atoms with Gasteiger partial charge in [0, 0.05) is 17.7 Å². The Morgan fingerprint density at radius 3 is 2.52 bits per heavy atom. The van der Waals surface area contributed by atoms with Crippen molar-refractivity contribution in [2.75, 3.05) is 5.32 Å². The number of anilines is 1. The number of benzene rings is 1. The number of thiazole rings is 1. The summed E-state index contributed by atoms with van der Waals surface area (Å²) in [6.45, 7) is 0. The molecule has 1 aliphatic carbocycles. The Morgan fingerprint density at radius 2 is 1.92 bits per heavy atom. The predicted molar refractivity (Wildman–Crippen MR) is 95.2 cm³/mol.